The molecule has 2 aliphatic carbocycles. The highest BCUT2D eigenvalue weighted by atomic mass is 32.2. The van der Waals surface area contributed by atoms with Crippen molar-refractivity contribution in [1.82, 2.24) is 9.97 Å². The highest BCUT2D eigenvalue weighted by Gasteiger charge is 2.24. The molecule has 0 atom stereocenters. The molecule has 1 aromatic rings. The molecule has 0 radical (unpaired) electrons. The molecule has 0 aliphatic heterocycles. The van der Waals surface area contributed by atoms with Crippen molar-refractivity contribution in [2.75, 3.05) is 16.9 Å². The minimum atomic E-state index is 0.637. The van der Waals surface area contributed by atoms with Crippen molar-refractivity contribution in [3.05, 3.63) is 6.07 Å². The van der Waals surface area contributed by atoms with Gasteiger partial charge >= 0.3 is 0 Å². The summed E-state index contributed by atoms with van der Waals surface area (Å²) >= 11 is 1.59. The summed E-state index contributed by atoms with van der Waals surface area (Å²) in [5.74, 6) is 1.93. The fourth-order valence-electron chi connectivity index (χ4n) is 1.54. The van der Waals surface area contributed by atoms with Crippen LogP contribution in [0.5, 0.6) is 0 Å². The topological polar surface area (TPSA) is 49.8 Å². The fourth-order valence-corrected chi connectivity index (χ4v) is 1.92. The second-order valence-corrected chi connectivity index (χ2v) is 5.24. The summed E-state index contributed by atoms with van der Waals surface area (Å²) in [6.45, 7) is 0. The van der Waals surface area contributed by atoms with E-state index < -0.39 is 0 Å². The lowest BCUT2D eigenvalue weighted by Crippen LogP contribution is -2.08. The molecule has 0 amide bonds. The monoisotopic (exact) mass is 236 g/mol. The summed E-state index contributed by atoms with van der Waals surface area (Å²) < 4.78 is 0. The highest BCUT2D eigenvalue weighted by molar-refractivity contribution is 7.98. The van der Waals surface area contributed by atoms with E-state index in [1.807, 2.05) is 12.3 Å². The SMILES string of the molecule is CSc1nc(NC2CC2)cc(NC2CC2)n1. The third-order valence-electron chi connectivity index (χ3n) is 2.75. The molecule has 0 aromatic carbocycles. The number of hydrogen-bond donors (Lipinski definition) is 2. The maximum absolute atomic E-state index is 4.46. The standard InChI is InChI=1S/C11H16N4S/c1-16-11-14-9(12-7-2-3-7)6-10(15-11)13-8-4-5-8/h6-8H,2-5H2,1H3,(H2,12,13,14,15). The smallest absolute Gasteiger partial charge is 0.191 e. The Labute approximate surface area is 99.6 Å². The summed E-state index contributed by atoms with van der Waals surface area (Å²) in [4.78, 5) is 8.92. The van der Waals surface area contributed by atoms with Gasteiger partial charge in [-0.15, -0.1) is 0 Å². The molecule has 0 saturated heterocycles. The first-order valence-electron chi connectivity index (χ1n) is 5.79. The second kappa shape index (κ2) is 4.13. The maximum Gasteiger partial charge on any atom is 0.191 e. The summed E-state index contributed by atoms with van der Waals surface area (Å²) in [6, 6.07) is 3.30. The van der Waals surface area contributed by atoms with Crippen LogP contribution >= 0.6 is 11.8 Å². The van der Waals surface area contributed by atoms with E-state index >= 15 is 0 Å². The molecule has 4 nitrogen and oxygen atoms in total. The minimum absolute atomic E-state index is 0.637. The lowest BCUT2D eigenvalue weighted by molar-refractivity contribution is 0.944. The van der Waals surface area contributed by atoms with E-state index in [2.05, 4.69) is 20.6 Å². The lowest BCUT2D eigenvalue weighted by Gasteiger charge is -2.09. The van der Waals surface area contributed by atoms with Crippen molar-refractivity contribution < 1.29 is 0 Å². The number of thioether (sulfide) groups is 1. The first-order chi connectivity index (χ1) is 7.83. The van der Waals surface area contributed by atoms with Crippen molar-refractivity contribution in [1.29, 1.82) is 0 Å². The Bertz CT molecular complexity index is 355. The Morgan fingerprint density at radius 3 is 1.94 bits per heavy atom. The van der Waals surface area contributed by atoms with E-state index in [9.17, 15) is 0 Å². The summed E-state index contributed by atoms with van der Waals surface area (Å²) in [7, 11) is 0. The van der Waals surface area contributed by atoms with Gasteiger partial charge in [0.15, 0.2) is 5.16 Å². The van der Waals surface area contributed by atoms with Gasteiger partial charge in [0.25, 0.3) is 0 Å². The van der Waals surface area contributed by atoms with Gasteiger partial charge in [-0.1, -0.05) is 11.8 Å². The van der Waals surface area contributed by atoms with Crippen molar-refractivity contribution in [3.8, 4) is 0 Å². The molecule has 16 heavy (non-hydrogen) atoms. The van der Waals surface area contributed by atoms with Crippen molar-refractivity contribution in [2.24, 2.45) is 0 Å². The van der Waals surface area contributed by atoms with E-state index in [0.29, 0.717) is 12.1 Å². The van der Waals surface area contributed by atoms with Crippen LogP contribution in [0.4, 0.5) is 11.6 Å². The van der Waals surface area contributed by atoms with Crippen molar-refractivity contribution >= 4 is 23.4 Å². The lowest BCUT2D eigenvalue weighted by atomic mass is 10.5. The molecule has 2 saturated carbocycles. The molecular formula is C11H16N4S. The largest absolute Gasteiger partial charge is 0.367 e. The number of nitrogens with one attached hydrogen (secondary N) is 2. The van der Waals surface area contributed by atoms with E-state index in [0.717, 1.165) is 16.8 Å². The van der Waals surface area contributed by atoms with Crippen LogP contribution in [0.25, 0.3) is 0 Å². The number of hydrogen-bond acceptors (Lipinski definition) is 5. The number of aromatic nitrogens is 2. The molecule has 0 unspecified atom stereocenters. The zero-order chi connectivity index (χ0) is 11.0. The van der Waals surface area contributed by atoms with Crippen LogP contribution in [0.1, 0.15) is 25.7 Å². The highest BCUT2D eigenvalue weighted by Crippen LogP contribution is 2.28. The maximum atomic E-state index is 4.46. The van der Waals surface area contributed by atoms with Crippen molar-refractivity contribution in [2.45, 2.75) is 42.9 Å². The Morgan fingerprint density at radius 1 is 1.06 bits per heavy atom. The fraction of sp³-hybridized carbons (Fsp3) is 0.636. The van der Waals surface area contributed by atoms with E-state index in [1.165, 1.54) is 25.7 Å². The molecule has 0 spiro atoms. The van der Waals surface area contributed by atoms with Crippen LogP contribution in [0.15, 0.2) is 11.2 Å². The van der Waals surface area contributed by atoms with Crippen LogP contribution in [0.2, 0.25) is 0 Å². The van der Waals surface area contributed by atoms with Crippen LogP contribution < -0.4 is 10.6 Å². The zero-order valence-corrected chi connectivity index (χ0v) is 10.2. The molecule has 1 heterocycles. The van der Waals surface area contributed by atoms with Gasteiger partial charge in [0, 0.05) is 18.2 Å². The summed E-state index contributed by atoms with van der Waals surface area (Å²) in [6.07, 6.45) is 7.08. The third kappa shape index (κ3) is 2.58. The van der Waals surface area contributed by atoms with Gasteiger partial charge in [-0.05, 0) is 31.9 Å². The van der Waals surface area contributed by atoms with Crippen LogP contribution in [-0.2, 0) is 0 Å². The molecule has 3 rings (SSSR count). The quantitative estimate of drug-likeness (QED) is 0.607. The Morgan fingerprint density at radius 2 is 1.56 bits per heavy atom. The van der Waals surface area contributed by atoms with Crippen LogP contribution in [0, 0.1) is 0 Å². The molecule has 5 heteroatoms. The number of anilines is 2. The molecule has 2 aliphatic rings. The minimum Gasteiger partial charge on any atom is -0.367 e. The summed E-state index contributed by atoms with van der Waals surface area (Å²) in [5.41, 5.74) is 0. The number of rotatable bonds is 5. The van der Waals surface area contributed by atoms with Gasteiger partial charge in [-0.2, -0.15) is 0 Å². The van der Waals surface area contributed by atoms with E-state index in [-0.39, 0.29) is 0 Å². The molecular weight excluding hydrogens is 220 g/mol. The van der Waals surface area contributed by atoms with E-state index in [4.69, 9.17) is 0 Å². The van der Waals surface area contributed by atoms with Gasteiger partial charge in [-0.3, -0.25) is 0 Å². The average molecular weight is 236 g/mol. The van der Waals surface area contributed by atoms with Gasteiger partial charge < -0.3 is 10.6 Å². The molecule has 1 aromatic heterocycles. The first-order valence-corrected chi connectivity index (χ1v) is 7.02. The van der Waals surface area contributed by atoms with Crippen LogP contribution in [0.3, 0.4) is 0 Å². The van der Waals surface area contributed by atoms with Crippen molar-refractivity contribution in [3.63, 3.8) is 0 Å². The second-order valence-electron chi connectivity index (χ2n) is 4.46. The van der Waals surface area contributed by atoms with Crippen LogP contribution in [-0.4, -0.2) is 28.3 Å². The molecule has 86 valence electrons. The van der Waals surface area contributed by atoms with E-state index in [1.54, 1.807) is 11.8 Å². The zero-order valence-electron chi connectivity index (χ0n) is 9.36. The van der Waals surface area contributed by atoms with Gasteiger partial charge in [0.1, 0.15) is 11.6 Å². The van der Waals surface area contributed by atoms with Gasteiger partial charge in [0.2, 0.25) is 0 Å². The Balaban J connectivity index is 1.78. The predicted molar refractivity (Wildman–Crippen MR) is 67.1 cm³/mol. The Hall–Kier alpha value is -0.970. The van der Waals surface area contributed by atoms with Gasteiger partial charge in [0.05, 0.1) is 0 Å². The first kappa shape index (κ1) is 10.2. The van der Waals surface area contributed by atoms with Gasteiger partial charge in [-0.25, -0.2) is 9.97 Å². The molecule has 2 N–H and O–H groups in total. The normalized spacial score (nSPS) is 19.6. The average Bonchev–Trinajstić information content (AvgIpc) is 3.13. The molecule has 0 bridgehead atoms. The third-order valence-corrected chi connectivity index (χ3v) is 3.29. The predicted octanol–water partition coefficient (Wildman–Crippen LogP) is 2.35. The summed E-state index contributed by atoms with van der Waals surface area (Å²) in [5, 5.41) is 7.68. The molecule has 2 fully saturated rings. The Kier molecular flexibility index (Phi) is 2.63. The number of nitrogens with zero attached hydrogens (tertiary/aromatic N) is 2.